The maximum Gasteiger partial charge on any atom is 0.223 e. The van der Waals surface area contributed by atoms with E-state index in [0.29, 0.717) is 25.5 Å². The predicted molar refractivity (Wildman–Crippen MR) is 85.6 cm³/mol. The molecular weight excluding hydrogens is 294 g/mol. The average Bonchev–Trinajstić information content (AvgIpc) is 2.92. The average molecular weight is 315 g/mol. The van der Waals surface area contributed by atoms with Gasteiger partial charge in [0.05, 0.1) is 0 Å². The first-order valence-corrected chi connectivity index (χ1v) is 7.92. The number of fused-ring (bicyclic) bond motifs is 1. The summed E-state index contributed by atoms with van der Waals surface area (Å²) in [6, 6.07) is 5.76. The highest BCUT2D eigenvalue weighted by molar-refractivity contribution is 5.80. The van der Waals surface area contributed by atoms with Gasteiger partial charge in [0.2, 0.25) is 11.8 Å². The van der Waals surface area contributed by atoms with Crippen molar-refractivity contribution in [3.05, 3.63) is 29.7 Å². The molecule has 122 valence electrons. The number of piperidine rings is 1. The quantitative estimate of drug-likeness (QED) is 0.940. The van der Waals surface area contributed by atoms with Crippen LogP contribution in [0.2, 0.25) is 0 Å². The van der Waals surface area contributed by atoms with Gasteiger partial charge in [0, 0.05) is 39.4 Å². The summed E-state index contributed by atoms with van der Waals surface area (Å²) in [5.74, 6) is 0.766. The lowest BCUT2D eigenvalue weighted by Gasteiger charge is -2.30. The summed E-state index contributed by atoms with van der Waals surface area (Å²) >= 11 is 0. The van der Waals surface area contributed by atoms with Gasteiger partial charge < -0.3 is 14.6 Å². The molecule has 6 heteroatoms. The van der Waals surface area contributed by atoms with E-state index >= 15 is 0 Å². The van der Waals surface area contributed by atoms with Gasteiger partial charge in [0.25, 0.3) is 0 Å². The van der Waals surface area contributed by atoms with Crippen molar-refractivity contribution >= 4 is 22.9 Å². The minimum atomic E-state index is -0.0122. The van der Waals surface area contributed by atoms with Gasteiger partial charge in [-0.2, -0.15) is 0 Å². The van der Waals surface area contributed by atoms with Crippen LogP contribution in [0.5, 0.6) is 0 Å². The molecule has 1 aliphatic rings. The Morgan fingerprint density at radius 3 is 2.78 bits per heavy atom. The SMILES string of the molecule is CC(=O)N1CCC(C(=O)NCc2ccc3nc(C)oc3c2)CC1. The molecule has 2 amide bonds. The number of rotatable bonds is 3. The molecule has 0 bridgehead atoms. The molecule has 0 aliphatic carbocycles. The number of benzene rings is 1. The first kappa shape index (κ1) is 15.5. The van der Waals surface area contributed by atoms with E-state index in [1.165, 1.54) is 0 Å². The number of carbonyl (C=O) groups excluding carboxylic acids is 2. The van der Waals surface area contributed by atoms with Gasteiger partial charge in [-0.3, -0.25) is 9.59 Å². The van der Waals surface area contributed by atoms with Crippen LogP contribution in [0.3, 0.4) is 0 Å². The van der Waals surface area contributed by atoms with Crippen LogP contribution >= 0.6 is 0 Å². The Bertz CT molecular complexity index is 730. The Hall–Kier alpha value is -2.37. The second-order valence-electron chi connectivity index (χ2n) is 6.03. The van der Waals surface area contributed by atoms with Crippen molar-refractivity contribution in [2.24, 2.45) is 5.92 Å². The molecule has 1 fully saturated rings. The summed E-state index contributed by atoms with van der Waals surface area (Å²) in [7, 11) is 0. The monoisotopic (exact) mass is 315 g/mol. The van der Waals surface area contributed by atoms with Crippen LogP contribution in [-0.4, -0.2) is 34.8 Å². The van der Waals surface area contributed by atoms with Gasteiger partial charge >= 0.3 is 0 Å². The van der Waals surface area contributed by atoms with Crippen LogP contribution in [0.15, 0.2) is 22.6 Å². The molecule has 2 heterocycles. The summed E-state index contributed by atoms with van der Waals surface area (Å²) in [5, 5.41) is 2.98. The molecular formula is C17H21N3O3. The highest BCUT2D eigenvalue weighted by Gasteiger charge is 2.25. The predicted octanol–water partition coefficient (Wildman–Crippen LogP) is 2.01. The molecule has 6 nitrogen and oxygen atoms in total. The molecule has 0 atom stereocenters. The molecule has 1 saturated heterocycles. The zero-order valence-corrected chi connectivity index (χ0v) is 13.5. The second-order valence-corrected chi connectivity index (χ2v) is 6.03. The zero-order valence-electron chi connectivity index (χ0n) is 13.5. The number of hydrogen-bond donors (Lipinski definition) is 1. The maximum absolute atomic E-state index is 12.3. The Morgan fingerprint density at radius 1 is 1.35 bits per heavy atom. The second kappa shape index (κ2) is 6.40. The summed E-state index contributed by atoms with van der Waals surface area (Å²) in [6.45, 7) is 5.19. The fourth-order valence-corrected chi connectivity index (χ4v) is 2.98. The normalized spacial score (nSPS) is 15.8. The molecule has 2 aromatic rings. The number of oxazole rings is 1. The summed E-state index contributed by atoms with van der Waals surface area (Å²) in [5.41, 5.74) is 2.56. The molecule has 23 heavy (non-hydrogen) atoms. The van der Waals surface area contributed by atoms with Crippen molar-refractivity contribution in [2.45, 2.75) is 33.2 Å². The molecule has 0 spiro atoms. The van der Waals surface area contributed by atoms with Gasteiger partial charge in [-0.05, 0) is 30.5 Å². The van der Waals surface area contributed by atoms with Crippen molar-refractivity contribution in [3.63, 3.8) is 0 Å². The molecule has 0 unspecified atom stereocenters. The van der Waals surface area contributed by atoms with E-state index in [0.717, 1.165) is 29.5 Å². The van der Waals surface area contributed by atoms with Crippen molar-refractivity contribution in [3.8, 4) is 0 Å². The van der Waals surface area contributed by atoms with Gasteiger partial charge in [0.1, 0.15) is 5.52 Å². The topological polar surface area (TPSA) is 75.4 Å². The highest BCUT2D eigenvalue weighted by atomic mass is 16.3. The largest absolute Gasteiger partial charge is 0.441 e. The summed E-state index contributed by atoms with van der Waals surface area (Å²) in [6.07, 6.45) is 1.46. The van der Waals surface area contributed by atoms with Gasteiger partial charge in [-0.15, -0.1) is 0 Å². The van der Waals surface area contributed by atoms with Crippen molar-refractivity contribution in [1.82, 2.24) is 15.2 Å². The Kier molecular flexibility index (Phi) is 4.32. The number of hydrogen-bond acceptors (Lipinski definition) is 4. The summed E-state index contributed by atoms with van der Waals surface area (Å²) in [4.78, 5) is 29.6. The highest BCUT2D eigenvalue weighted by Crippen LogP contribution is 2.19. The standard InChI is InChI=1S/C17H21N3O3/c1-11-19-15-4-3-13(9-16(15)23-11)10-18-17(22)14-5-7-20(8-6-14)12(2)21/h3-4,9,14H,5-8,10H2,1-2H3,(H,18,22). The van der Waals surface area contributed by atoms with Crippen molar-refractivity contribution < 1.29 is 14.0 Å². The van der Waals surface area contributed by atoms with Crippen LogP contribution in [0.1, 0.15) is 31.2 Å². The molecule has 3 rings (SSSR count). The third kappa shape index (κ3) is 3.52. The number of nitrogens with zero attached hydrogens (tertiary/aromatic N) is 2. The minimum absolute atomic E-state index is 0.0122. The van der Waals surface area contributed by atoms with E-state index in [1.54, 1.807) is 11.8 Å². The van der Waals surface area contributed by atoms with Crippen LogP contribution in [0.4, 0.5) is 0 Å². The summed E-state index contributed by atoms with van der Waals surface area (Å²) < 4.78 is 5.50. The van der Waals surface area contributed by atoms with Gasteiger partial charge in [0.15, 0.2) is 11.5 Å². The number of aromatic nitrogens is 1. The molecule has 1 aromatic carbocycles. The van der Waals surface area contributed by atoms with E-state index in [4.69, 9.17) is 4.42 Å². The zero-order chi connectivity index (χ0) is 16.4. The van der Waals surface area contributed by atoms with E-state index in [9.17, 15) is 9.59 Å². The van der Waals surface area contributed by atoms with Crippen molar-refractivity contribution in [1.29, 1.82) is 0 Å². The lowest BCUT2D eigenvalue weighted by Crippen LogP contribution is -2.42. The van der Waals surface area contributed by atoms with Crippen LogP contribution in [0, 0.1) is 12.8 Å². The molecule has 0 saturated carbocycles. The van der Waals surface area contributed by atoms with Crippen LogP contribution in [0.25, 0.3) is 11.1 Å². The third-order valence-corrected chi connectivity index (χ3v) is 4.34. The minimum Gasteiger partial charge on any atom is -0.441 e. The Labute approximate surface area is 134 Å². The third-order valence-electron chi connectivity index (χ3n) is 4.34. The van der Waals surface area contributed by atoms with E-state index in [1.807, 2.05) is 25.1 Å². The van der Waals surface area contributed by atoms with Gasteiger partial charge in [-0.25, -0.2) is 4.98 Å². The Morgan fingerprint density at radius 2 is 2.09 bits per heavy atom. The van der Waals surface area contributed by atoms with Crippen LogP contribution in [-0.2, 0) is 16.1 Å². The fraction of sp³-hybridized carbons (Fsp3) is 0.471. The smallest absolute Gasteiger partial charge is 0.223 e. The van der Waals surface area contributed by atoms with Crippen LogP contribution < -0.4 is 5.32 Å². The lowest BCUT2D eigenvalue weighted by atomic mass is 9.96. The number of aryl methyl sites for hydroxylation is 1. The number of carbonyl (C=O) groups is 2. The van der Waals surface area contributed by atoms with E-state index in [-0.39, 0.29) is 17.7 Å². The first-order valence-electron chi connectivity index (χ1n) is 7.92. The number of amides is 2. The molecule has 1 aromatic heterocycles. The molecule has 1 aliphatic heterocycles. The number of likely N-dealkylation sites (tertiary alicyclic amines) is 1. The fourth-order valence-electron chi connectivity index (χ4n) is 2.98. The van der Waals surface area contributed by atoms with Gasteiger partial charge in [-0.1, -0.05) is 6.07 Å². The lowest BCUT2D eigenvalue weighted by molar-refractivity contribution is -0.134. The molecule has 1 N–H and O–H groups in total. The molecule has 0 radical (unpaired) electrons. The van der Waals surface area contributed by atoms with E-state index < -0.39 is 0 Å². The van der Waals surface area contributed by atoms with Crippen molar-refractivity contribution in [2.75, 3.05) is 13.1 Å². The van der Waals surface area contributed by atoms with E-state index in [2.05, 4.69) is 10.3 Å². The first-order chi connectivity index (χ1) is 11.0. The Balaban J connectivity index is 1.55. The maximum atomic E-state index is 12.3. The number of nitrogens with one attached hydrogen (secondary N) is 1.